The number of alkyl halides is 2. The number of oxazole rings is 1. The molecule has 4 heterocycles. The number of fused-ring (bicyclic) bond motifs is 2. The van der Waals surface area contributed by atoms with Gasteiger partial charge in [0.05, 0.1) is 5.52 Å². The number of hydrogen-bond acceptors (Lipinski definition) is 7. The number of likely N-dealkylation sites (tertiary alicyclic amines) is 2. The number of aliphatic carboxylic acids is 1. The third-order valence-electron chi connectivity index (χ3n) is 10.6. The van der Waals surface area contributed by atoms with Crippen LogP contribution in [0.4, 0.5) is 17.6 Å². The summed E-state index contributed by atoms with van der Waals surface area (Å²) in [6.07, 6.45) is 3.26. The van der Waals surface area contributed by atoms with E-state index in [0.29, 0.717) is 59.5 Å². The highest BCUT2D eigenvalue weighted by molar-refractivity contribution is 5.86. The van der Waals surface area contributed by atoms with Crippen LogP contribution in [-0.2, 0) is 17.9 Å². The van der Waals surface area contributed by atoms with Crippen LogP contribution in [0.3, 0.4) is 0 Å². The number of aromatic nitrogens is 3. The molecule has 0 bridgehead atoms. The van der Waals surface area contributed by atoms with Crippen molar-refractivity contribution >= 4 is 28.1 Å². The highest BCUT2D eigenvalue weighted by Gasteiger charge is 2.32. The van der Waals surface area contributed by atoms with Crippen LogP contribution in [0.2, 0.25) is 0 Å². The molecule has 0 radical (unpaired) electrons. The van der Waals surface area contributed by atoms with Crippen LogP contribution in [0.15, 0.2) is 59.0 Å². The molecule has 0 amide bonds. The molecule has 274 valence electrons. The van der Waals surface area contributed by atoms with E-state index in [1.165, 1.54) is 6.07 Å². The summed E-state index contributed by atoms with van der Waals surface area (Å²) in [4.78, 5) is 28.1. The lowest BCUT2D eigenvalue weighted by Gasteiger charge is -2.22. The standard InChI is InChI=1S/C40H37F4N5O4/c1-21-25(8-5-10-27(21)37-45-30-17-24(19-48-13-3-4-14-48)34(41)35(42)36(30)47-37)26-9-6-11-28(22(26)2)38-46-29-16-23(20-49-15-7-12-31(49)39(50)51)32(53-40(43)44)18-33(29)52-38/h5-6,8-11,16-18,31,40H,3-4,7,12-15,19-20H2,1-2H3,(H,45,47)(H,50,51)/t31-/m0/s1. The summed E-state index contributed by atoms with van der Waals surface area (Å²) in [6.45, 7) is 3.48. The van der Waals surface area contributed by atoms with Gasteiger partial charge in [-0.15, -0.1) is 0 Å². The maximum Gasteiger partial charge on any atom is 0.387 e. The Labute approximate surface area is 302 Å². The van der Waals surface area contributed by atoms with Crippen molar-refractivity contribution in [2.24, 2.45) is 0 Å². The highest BCUT2D eigenvalue weighted by Crippen LogP contribution is 2.39. The Morgan fingerprint density at radius 3 is 2.32 bits per heavy atom. The molecule has 2 aliphatic heterocycles. The molecule has 6 aromatic rings. The van der Waals surface area contributed by atoms with Gasteiger partial charge in [-0.1, -0.05) is 30.3 Å². The average Bonchev–Trinajstić information content (AvgIpc) is 3.95. The summed E-state index contributed by atoms with van der Waals surface area (Å²) >= 11 is 0. The number of nitrogens with one attached hydrogen (secondary N) is 1. The van der Waals surface area contributed by atoms with E-state index in [1.807, 2.05) is 50.2 Å². The summed E-state index contributed by atoms with van der Waals surface area (Å²) in [5, 5.41) is 9.64. The zero-order valence-corrected chi connectivity index (χ0v) is 29.2. The number of hydrogen-bond donors (Lipinski definition) is 2. The SMILES string of the molecule is Cc1c(-c2nc3c(F)c(F)c(CN4CCCC4)cc3[nH]2)cccc1-c1cccc(-c2nc3cc(CN4CCC[C@H]4C(=O)O)c(OC(F)F)cc3o2)c1C. The van der Waals surface area contributed by atoms with E-state index in [-0.39, 0.29) is 29.3 Å². The number of aromatic amines is 1. The molecular weight excluding hydrogens is 690 g/mol. The van der Waals surface area contributed by atoms with Gasteiger partial charge in [-0.25, -0.2) is 18.7 Å². The van der Waals surface area contributed by atoms with Crippen molar-refractivity contribution in [1.82, 2.24) is 24.8 Å². The highest BCUT2D eigenvalue weighted by atomic mass is 19.3. The van der Waals surface area contributed by atoms with Crippen LogP contribution in [0, 0.1) is 25.5 Å². The molecule has 0 saturated carbocycles. The molecule has 2 aromatic heterocycles. The molecule has 0 unspecified atom stereocenters. The number of rotatable bonds is 10. The smallest absolute Gasteiger partial charge is 0.387 e. The Kier molecular flexibility index (Phi) is 9.15. The number of nitrogens with zero attached hydrogens (tertiary/aromatic N) is 4. The van der Waals surface area contributed by atoms with Gasteiger partial charge >= 0.3 is 12.6 Å². The Morgan fingerprint density at radius 2 is 1.60 bits per heavy atom. The molecule has 0 spiro atoms. The van der Waals surface area contributed by atoms with Gasteiger partial charge < -0.3 is 19.2 Å². The first-order valence-corrected chi connectivity index (χ1v) is 17.7. The van der Waals surface area contributed by atoms with Crippen LogP contribution in [0.25, 0.3) is 56.1 Å². The van der Waals surface area contributed by atoms with Crippen molar-refractivity contribution in [3.05, 3.63) is 88.5 Å². The molecular formula is C40H37F4N5O4. The van der Waals surface area contributed by atoms with Crippen molar-refractivity contribution < 1.29 is 36.6 Å². The maximum atomic E-state index is 15.3. The first-order chi connectivity index (χ1) is 25.5. The van der Waals surface area contributed by atoms with Crippen LogP contribution in [0.1, 0.15) is 47.9 Å². The van der Waals surface area contributed by atoms with Crippen LogP contribution >= 0.6 is 0 Å². The lowest BCUT2D eigenvalue weighted by Crippen LogP contribution is -2.35. The zero-order chi connectivity index (χ0) is 37.0. The fraction of sp³-hybridized carbons (Fsp3) is 0.325. The van der Waals surface area contributed by atoms with Gasteiger partial charge in [-0.2, -0.15) is 8.78 Å². The molecule has 13 heteroatoms. The van der Waals surface area contributed by atoms with E-state index in [2.05, 4.69) is 14.9 Å². The Bertz CT molecular complexity index is 2370. The van der Waals surface area contributed by atoms with E-state index in [4.69, 9.17) is 14.1 Å². The van der Waals surface area contributed by atoms with Crippen LogP contribution in [-0.4, -0.2) is 68.1 Å². The lowest BCUT2D eigenvalue weighted by atomic mass is 9.91. The van der Waals surface area contributed by atoms with Crippen molar-refractivity contribution in [2.45, 2.75) is 65.3 Å². The maximum absolute atomic E-state index is 15.3. The Hall–Kier alpha value is -5.27. The average molecular weight is 728 g/mol. The molecule has 4 aromatic carbocycles. The van der Waals surface area contributed by atoms with Gasteiger partial charge in [0, 0.05) is 41.4 Å². The summed E-state index contributed by atoms with van der Waals surface area (Å²) in [6, 6.07) is 15.4. The van der Waals surface area contributed by atoms with E-state index in [0.717, 1.165) is 53.7 Å². The van der Waals surface area contributed by atoms with Gasteiger partial charge in [0.25, 0.3) is 0 Å². The summed E-state index contributed by atoms with van der Waals surface area (Å²) in [5.74, 6) is -2.19. The monoisotopic (exact) mass is 727 g/mol. The minimum atomic E-state index is -3.09. The Balaban J connectivity index is 1.13. The quantitative estimate of drug-likeness (QED) is 0.135. The van der Waals surface area contributed by atoms with Crippen LogP contribution in [0.5, 0.6) is 5.75 Å². The number of ether oxygens (including phenoxy) is 1. The molecule has 2 fully saturated rings. The van der Waals surface area contributed by atoms with E-state index in [9.17, 15) is 18.7 Å². The molecule has 1 atom stereocenters. The zero-order valence-electron chi connectivity index (χ0n) is 29.2. The third kappa shape index (κ3) is 6.52. The molecule has 0 aliphatic carbocycles. The van der Waals surface area contributed by atoms with Crippen molar-refractivity contribution in [3.8, 4) is 39.7 Å². The van der Waals surface area contributed by atoms with Crippen molar-refractivity contribution in [2.75, 3.05) is 19.6 Å². The minimum absolute atomic E-state index is 0.0472. The largest absolute Gasteiger partial charge is 0.480 e. The second kappa shape index (κ2) is 13.9. The molecule has 2 N–H and O–H groups in total. The van der Waals surface area contributed by atoms with E-state index >= 15 is 8.78 Å². The number of carbonyl (C=O) groups is 1. The molecule has 2 aliphatic rings. The van der Waals surface area contributed by atoms with Crippen molar-refractivity contribution in [1.29, 1.82) is 0 Å². The first-order valence-electron chi connectivity index (χ1n) is 17.7. The fourth-order valence-electron chi connectivity index (χ4n) is 7.87. The Morgan fingerprint density at radius 1 is 0.906 bits per heavy atom. The van der Waals surface area contributed by atoms with E-state index in [1.54, 1.807) is 17.0 Å². The summed E-state index contributed by atoms with van der Waals surface area (Å²) < 4.78 is 68.4. The van der Waals surface area contributed by atoms with Crippen molar-refractivity contribution in [3.63, 3.8) is 0 Å². The second-order valence-corrected chi connectivity index (χ2v) is 13.9. The third-order valence-corrected chi connectivity index (χ3v) is 10.6. The number of carboxylic acids is 1. The number of benzene rings is 4. The fourth-order valence-corrected chi connectivity index (χ4v) is 7.87. The number of halogens is 4. The molecule has 9 nitrogen and oxygen atoms in total. The van der Waals surface area contributed by atoms with Gasteiger partial charge in [0.15, 0.2) is 17.2 Å². The number of H-pyrrole nitrogens is 1. The summed E-state index contributed by atoms with van der Waals surface area (Å²) in [7, 11) is 0. The number of carboxylic acid groups (broad SMARTS) is 1. The van der Waals surface area contributed by atoms with Crippen LogP contribution < -0.4 is 4.74 Å². The lowest BCUT2D eigenvalue weighted by molar-refractivity contribution is -0.142. The molecule has 8 rings (SSSR count). The van der Waals surface area contributed by atoms with Gasteiger partial charge in [-0.05, 0) is 99.6 Å². The van der Waals surface area contributed by atoms with Gasteiger partial charge in [-0.3, -0.25) is 14.6 Å². The normalized spacial score (nSPS) is 16.8. The molecule has 2 saturated heterocycles. The molecule has 53 heavy (non-hydrogen) atoms. The van der Waals surface area contributed by atoms with E-state index < -0.39 is 30.3 Å². The predicted octanol–water partition coefficient (Wildman–Crippen LogP) is 8.85. The minimum Gasteiger partial charge on any atom is -0.480 e. The van der Waals surface area contributed by atoms with Gasteiger partial charge in [0.2, 0.25) is 5.89 Å². The second-order valence-electron chi connectivity index (χ2n) is 13.9. The summed E-state index contributed by atoms with van der Waals surface area (Å²) in [5.41, 5.74) is 6.61. The topological polar surface area (TPSA) is 108 Å². The first kappa shape index (κ1) is 34.8. The predicted molar refractivity (Wildman–Crippen MR) is 192 cm³/mol. The number of imidazole rings is 1. The van der Waals surface area contributed by atoms with Gasteiger partial charge in [0.1, 0.15) is 28.6 Å².